The summed E-state index contributed by atoms with van der Waals surface area (Å²) in [5, 5.41) is 3.42. The Bertz CT molecular complexity index is 1350. The molecule has 0 saturated heterocycles. The van der Waals surface area contributed by atoms with Crippen LogP contribution in [0.1, 0.15) is 30.5 Å². The van der Waals surface area contributed by atoms with Gasteiger partial charge in [-0.05, 0) is 56.2 Å². The van der Waals surface area contributed by atoms with Gasteiger partial charge in [0.2, 0.25) is 21.8 Å². The second kappa shape index (κ2) is 13.0. The van der Waals surface area contributed by atoms with Crippen molar-refractivity contribution in [2.45, 2.75) is 50.7 Å². The van der Waals surface area contributed by atoms with Crippen LogP contribution in [0.15, 0.2) is 83.8 Å². The Morgan fingerprint density at radius 2 is 1.55 bits per heavy atom. The number of amides is 2. The van der Waals surface area contributed by atoms with Gasteiger partial charge >= 0.3 is 0 Å². The third kappa shape index (κ3) is 7.90. The van der Waals surface area contributed by atoms with Gasteiger partial charge in [0, 0.05) is 31.1 Å². The monoisotopic (exact) mass is 555 g/mol. The van der Waals surface area contributed by atoms with Crippen LogP contribution in [0.4, 0.5) is 0 Å². The van der Waals surface area contributed by atoms with Gasteiger partial charge in [-0.25, -0.2) is 8.42 Å². The van der Waals surface area contributed by atoms with Crippen LogP contribution in [0, 0.1) is 6.92 Å². The number of halogens is 1. The van der Waals surface area contributed by atoms with Gasteiger partial charge < -0.3 is 10.2 Å². The van der Waals surface area contributed by atoms with Gasteiger partial charge in [-0.1, -0.05) is 71.8 Å². The van der Waals surface area contributed by atoms with Crippen LogP contribution < -0.4 is 5.32 Å². The summed E-state index contributed by atoms with van der Waals surface area (Å²) in [6, 6.07) is 21.9. The maximum absolute atomic E-state index is 13.8. The lowest BCUT2D eigenvalue weighted by atomic mass is 10.0. The Kier molecular flexibility index (Phi) is 10.1. The molecule has 9 heteroatoms. The standard InChI is InChI=1S/C29H34ClN3O4S/c1-21(2)31-29(35)27(18-23-9-6-5-7-10-23)33(19-24-11-8-12-25(30)17-24)28(34)20-32(4)38(36,37)26-15-13-22(3)14-16-26/h5-17,21,27H,18-20H2,1-4H3,(H,31,35)/t27-/m1/s1. The second-order valence-electron chi connectivity index (χ2n) is 9.59. The van der Waals surface area contributed by atoms with Gasteiger partial charge in [0.25, 0.3) is 0 Å². The van der Waals surface area contributed by atoms with E-state index < -0.39 is 28.5 Å². The minimum Gasteiger partial charge on any atom is -0.352 e. The number of sulfonamides is 1. The second-order valence-corrected chi connectivity index (χ2v) is 12.1. The van der Waals surface area contributed by atoms with Crippen LogP contribution in [0.2, 0.25) is 5.02 Å². The normalized spacial score (nSPS) is 12.4. The first kappa shape index (κ1) is 29.4. The van der Waals surface area contributed by atoms with Crippen molar-refractivity contribution in [3.05, 3.63) is 101 Å². The summed E-state index contributed by atoms with van der Waals surface area (Å²) in [5.74, 6) is -0.814. The fraction of sp³-hybridized carbons (Fsp3) is 0.310. The van der Waals surface area contributed by atoms with Gasteiger partial charge in [-0.3, -0.25) is 9.59 Å². The average Bonchev–Trinajstić information content (AvgIpc) is 2.86. The van der Waals surface area contributed by atoms with Gasteiger partial charge in [0.15, 0.2) is 0 Å². The molecule has 1 N–H and O–H groups in total. The van der Waals surface area contributed by atoms with Gasteiger partial charge in [0.1, 0.15) is 6.04 Å². The molecule has 0 unspecified atom stereocenters. The summed E-state index contributed by atoms with van der Waals surface area (Å²) < 4.78 is 27.4. The van der Waals surface area contributed by atoms with Crippen LogP contribution in [0.5, 0.6) is 0 Å². The summed E-state index contributed by atoms with van der Waals surface area (Å²) in [6.07, 6.45) is 0.264. The smallest absolute Gasteiger partial charge is 0.243 e. The van der Waals surface area contributed by atoms with Crippen molar-refractivity contribution in [1.29, 1.82) is 0 Å². The Morgan fingerprint density at radius 3 is 2.16 bits per heavy atom. The molecule has 38 heavy (non-hydrogen) atoms. The number of hydrogen-bond donors (Lipinski definition) is 1. The quantitative estimate of drug-likeness (QED) is 0.379. The molecule has 1 atom stereocenters. The predicted molar refractivity (Wildman–Crippen MR) is 150 cm³/mol. The molecule has 0 aliphatic carbocycles. The largest absolute Gasteiger partial charge is 0.352 e. The van der Waals surface area contributed by atoms with E-state index in [4.69, 9.17) is 11.6 Å². The zero-order valence-electron chi connectivity index (χ0n) is 22.1. The lowest BCUT2D eigenvalue weighted by molar-refractivity contribution is -0.141. The van der Waals surface area contributed by atoms with Crippen molar-refractivity contribution in [3.63, 3.8) is 0 Å². The maximum atomic E-state index is 13.8. The average molecular weight is 556 g/mol. The molecule has 202 valence electrons. The number of benzene rings is 3. The summed E-state index contributed by atoms with van der Waals surface area (Å²) in [7, 11) is -2.56. The van der Waals surface area contributed by atoms with Crippen LogP contribution in [0.25, 0.3) is 0 Å². The van der Waals surface area contributed by atoms with E-state index >= 15 is 0 Å². The van der Waals surface area contributed by atoms with Crippen LogP contribution >= 0.6 is 11.6 Å². The molecule has 0 fully saturated rings. The number of nitrogens with one attached hydrogen (secondary N) is 1. The number of aryl methyl sites for hydroxylation is 1. The van der Waals surface area contributed by atoms with Crippen molar-refractivity contribution in [3.8, 4) is 0 Å². The molecule has 0 aromatic heterocycles. The minimum atomic E-state index is -3.92. The summed E-state index contributed by atoms with van der Waals surface area (Å²) in [4.78, 5) is 28.8. The molecule has 0 saturated carbocycles. The summed E-state index contributed by atoms with van der Waals surface area (Å²) in [5.41, 5.74) is 2.53. The van der Waals surface area contributed by atoms with E-state index in [1.165, 1.54) is 24.1 Å². The van der Waals surface area contributed by atoms with E-state index in [-0.39, 0.29) is 29.8 Å². The first-order chi connectivity index (χ1) is 18.0. The zero-order chi connectivity index (χ0) is 27.9. The predicted octanol–water partition coefficient (Wildman–Crippen LogP) is 4.43. The molecule has 0 aliphatic heterocycles. The fourth-order valence-corrected chi connectivity index (χ4v) is 5.36. The summed E-state index contributed by atoms with van der Waals surface area (Å²) >= 11 is 6.20. The molecule has 0 heterocycles. The first-order valence-electron chi connectivity index (χ1n) is 12.4. The van der Waals surface area contributed by atoms with Crippen molar-refractivity contribution in [2.75, 3.05) is 13.6 Å². The molecule has 0 spiro atoms. The number of carbonyl (C=O) groups is 2. The summed E-state index contributed by atoms with van der Waals surface area (Å²) in [6.45, 7) is 5.22. The molecule has 3 aromatic rings. The molecule has 3 rings (SSSR count). The van der Waals surface area contributed by atoms with Crippen LogP contribution in [-0.2, 0) is 32.6 Å². The molecule has 0 radical (unpaired) electrons. The SMILES string of the molecule is Cc1ccc(S(=O)(=O)N(C)CC(=O)N(Cc2cccc(Cl)c2)[C@H](Cc2ccccc2)C(=O)NC(C)C)cc1. The third-order valence-electron chi connectivity index (χ3n) is 6.03. The van der Waals surface area contributed by atoms with E-state index in [2.05, 4.69) is 5.32 Å². The highest BCUT2D eigenvalue weighted by Gasteiger charge is 2.33. The lowest BCUT2D eigenvalue weighted by Gasteiger charge is -2.33. The number of likely N-dealkylation sites (N-methyl/N-ethyl adjacent to an activating group) is 1. The van der Waals surface area contributed by atoms with E-state index in [0.29, 0.717) is 5.02 Å². The Balaban J connectivity index is 1.97. The molecule has 3 aromatic carbocycles. The first-order valence-corrected chi connectivity index (χ1v) is 14.2. The van der Waals surface area contributed by atoms with Crippen LogP contribution in [0.3, 0.4) is 0 Å². The van der Waals surface area contributed by atoms with Crippen molar-refractivity contribution < 1.29 is 18.0 Å². The van der Waals surface area contributed by atoms with E-state index in [1.54, 1.807) is 30.3 Å². The Hall–Kier alpha value is -3.20. The number of nitrogens with zero attached hydrogens (tertiary/aromatic N) is 2. The molecule has 7 nitrogen and oxygen atoms in total. The number of rotatable bonds is 11. The molecular weight excluding hydrogens is 522 g/mol. The van der Waals surface area contributed by atoms with E-state index in [0.717, 1.165) is 21.0 Å². The highest BCUT2D eigenvalue weighted by Crippen LogP contribution is 2.20. The van der Waals surface area contributed by atoms with Crippen molar-refractivity contribution >= 4 is 33.4 Å². The van der Waals surface area contributed by atoms with Crippen molar-refractivity contribution in [2.24, 2.45) is 0 Å². The third-order valence-corrected chi connectivity index (χ3v) is 8.08. The van der Waals surface area contributed by atoms with Crippen LogP contribution in [-0.4, -0.2) is 55.1 Å². The highest BCUT2D eigenvalue weighted by atomic mass is 35.5. The molecule has 2 amide bonds. The number of carbonyl (C=O) groups excluding carboxylic acids is 2. The topological polar surface area (TPSA) is 86.8 Å². The minimum absolute atomic E-state index is 0.0842. The molecule has 0 bridgehead atoms. The van der Waals surface area contributed by atoms with E-state index in [9.17, 15) is 18.0 Å². The van der Waals surface area contributed by atoms with Gasteiger partial charge in [-0.2, -0.15) is 4.31 Å². The number of hydrogen-bond acceptors (Lipinski definition) is 4. The highest BCUT2D eigenvalue weighted by molar-refractivity contribution is 7.89. The molecule has 0 aliphatic rings. The molecular formula is C29H34ClN3O4S. The van der Waals surface area contributed by atoms with Gasteiger partial charge in [0.05, 0.1) is 11.4 Å². The Labute approximate surface area is 230 Å². The van der Waals surface area contributed by atoms with E-state index in [1.807, 2.05) is 57.2 Å². The Morgan fingerprint density at radius 1 is 0.921 bits per heavy atom. The zero-order valence-corrected chi connectivity index (χ0v) is 23.7. The fourth-order valence-electron chi connectivity index (χ4n) is 4.02. The van der Waals surface area contributed by atoms with Crippen molar-refractivity contribution in [1.82, 2.24) is 14.5 Å². The maximum Gasteiger partial charge on any atom is 0.243 e. The lowest BCUT2D eigenvalue weighted by Crippen LogP contribution is -2.53. The van der Waals surface area contributed by atoms with Gasteiger partial charge in [-0.15, -0.1) is 0 Å².